The molecule has 4 rings (SSSR count). The van der Waals surface area contributed by atoms with E-state index in [-0.39, 0.29) is 55.4 Å². The summed E-state index contributed by atoms with van der Waals surface area (Å²) in [6, 6.07) is 8.00. The van der Waals surface area contributed by atoms with Gasteiger partial charge in [0.1, 0.15) is 24.4 Å². The van der Waals surface area contributed by atoms with E-state index in [4.69, 9.17) is 60.3 Å². The van der Waals surface area contributed by atoms with Crippen LogP contribution in [0.15, 0.2) is 30.3 Å². The van der Waals surface area contributed by atoms with E-state index in [1.54, 1.807) is 0 Å². The average Bonchev–Trinajstić information content (AvgIpc) is 3.19. The van der Waals surface area contributed by atoms with Crippen LogP contribution in [0.5, 0.6) is 0 Å². The molecule has 2 amide bonds. The highest BCUT2D eigenvalue weighted by molar-refractivity contribution is 6.74. The van der Waals surface area contributed by atoms with Gasteiger partial charge in [-0.05, 0) is 29.6 Å². The van der Waals surface area contributed by atoms with E-state index in [2.05, 4.69) is 27.7 Å². The molecule has 2 aromatic carbocycles. The molecule has 0 saturated carbocycles. The van der Waals surface area contributed by atoms with Crippen molar-refractivity contribution < 1.29 is 33.7 Å². The van der Waals surface area contributed by atoms with Gasteiger partial charge in [-0.3, -0.25) is 14.5 Å². The molecular formula is C29H35Cl4NO7Si. The zero-order valence-electron chi connectivity index (χ0n) is 24.2. The lowest BCUT2D eigenvalue weighted by atomic mass is 9.95. The Morgan fingerprint density at radius 2 is 1.45 bits per heavy atom. The summed E-state index contributed by atoms with van der Waals surface area (Å²) in [4.78, 5) is 28.3. The molecule has 0 bridgehead atoms. The SMILES string of the molecule is CC(C)C(C)(C)[Si](C)(C)O[C@@H]1O[C@H](COCc2ccccc2)[C@@H](O)[C@H](O)[C@H]1N1C(=O)c2c(Cl)c(Cl)c(Cl)c(Cl)c2C1=O. The fourth-order valence-electron chi connectivity index (χ4n) is 5.07. The van der Waals surface area contributed by atoms with Crippen LogP contribution in [-0.4, -0.2) is 72.5 Å². The number of fused-ring (bicyclic) bond motifs is 1. The van der Waals surface area contributed by atoms with Crippen molar-refractivity contribution in [1.29, 1.82) is 0 Å². The molecule has 0 aliphatic carbocycles. The molecule has 8 nitrogen and oxygen atoms in total. The Balaban J connectivity index is 1.71. The standard InChI is InChI=1S/C29H35Cl4NO7Si/c1-14(2)29(3,4)42(5,6)41-28-23(25(36)24(35)16(40-28)13-39-12-15-10-8-7-9-11-15)34-26(37)17-18(27(34)38)20(31)22(33)21(32)19(17)30/h7-11,14,16,23-25,28,35-36H,12-13H2,1-6H3/t16-,23-,24-,25-,28+/m1/s1. The molecule has 0 aromatic heterocycles. The van der Waals surface area contributed by atoms with Crippen molar-refractivity contribution in [3.05, 3.63) is 67.1 Å². The Labute approximate surface area is 266 Å². The van der Waals surface area contributed by atoms with E-state index in [0.29, 0.717) is 0 Å². The number of nitrogens with zero attached hydrogens (tertiary/aromatic N) is 1. The van der Waals surface area contributed by atoms with Gasteiger partial charge in [-0.2, -0.15) is 0 Å². The topological polar surface area (TPSA) is 106 Å². The van der Waals surface area contributed by atoms with E-state index in [1.807, 2.05) is 43.4 Å². The zero-order valence-corrected chi connectivity index (χ0v) is 28.2. The fourth-order valence-corrected chi connectivity index (χ4v) is 8.55. The molecule has 0 radical (unpaired) electrons. The van der Waals surface area contributed by atoms with Crippen molar-refractivity contribution in [3.63, 3.8) is 0 Å². The third-order valence-corrected chi connectivity index (χ3v) is 15.2. The maximum absolute atomic E-state index is 13.8. The van der Waals surface area contributed by atoms with Gasteiger partial charge in [0.05, 0.1) is 44.4 Å². The Morgan fingerprint density at radius 1 is 0.929 bits per heavy atom. The largest absolute Gasteiger partial charge is 0.391 e. The van der Waals surface area contributed by atoms with Crippen LogP contribution in [0.2, 0.25) is 38.2 Å². The molecule has 1 fully saturated rings. The number of imide groups is 1. The summed E-state index contributed by atoms with van der Waals surface area (Å²) >= 11 is 25.1. The molecule has 230 valence electrons. The van der Waals surface area contributed by atoms with Crippen molar-refractivity contribution in [2.45, 2.75) is 83.1 Å². The summed E-state index contributed by atoms with van der Waals surface area (Å²) in [5, 5.41) is 21.5. The van der Waals surface area contributed by atoms with E-state index in [0.717, 1.165) is 10.5 Å². The van der Waals surface area contributed by atoms with Crippen LogP contribution in [-0.2, 0) is 20.5 Å². The maximum Gasteiger partial charge on any atom is 0.263 e. The Kier molecular flexibility index (Phi) is 10.1. The lowest BCUT2D eigenvalue weighted by Gasteiger charge is -2.50. The molecule has 2 aromatic rings. The van der Waals surface area contributed by atoms with E-state index >= 15 is 0 Å². The average molecular weight is 679 g/mol. The molecule has 2 N–H and O–H groups in total. The number of aliphatic hydroxyl groups excluding tert-OH is 2. The van der Waals surface area contributed by atoms with Crippen LogP contribution >= 0.6 is 46.4 Å². The lowest BCUT2D eigenvalue weighted by Crippen LogP contribution is -2.67. The molecule has 1 saturated heterocycles. The van der Waals surface area contributed by atoms with E-state index in [9.17, 15) is 19.8 Å². The smallest absolute Gasteiger partial charge is 0.263 e. The predicted molar refractivity (Wildman–Crippen MR) is 165 cm³/mol. The Bertz CT molecular complexity index is 1310. The first-order valence-electron chi connectivity index (χ1n) is 13.6. The fraction of sp³-hybridized carbons (Fsp3) is 0.517. The first-order valence-corrected chi connectivity index (χ1v) is 18.0. The van der Waals surface area contributed by atoms with Crippen molar-refractivity contribution >= 4 is 66.5 Å². The summed E-state index contributed by atoms with van der Waals surface area (Å²) in [6.07, 6.45) is -5.52. The van der Waals surface area contributed by atoms with Crippen LogP contribution in [0.25, 0.3) is 0 Å². The van der Waals surface area contributed by atoms with Crippen molar-refractivity contribution in [2.75, 3.05) is 6.61 Å². The van der Waals surface area contributed by atoms with Gasteiger partial charge in [-0.1, -0.05) is 104 Å². The molecule has 5 atom stereocenters. The van der Waals surface area contributed by atoms with Crippen LogP contribution in [0.4, 0.5) is 0 Å². The van der Waals surface area contributed by atoms with Crippen molar-refractivity contribution in [3.8, 4) is 0 Å². The summed E-state index contributed by atoms with van der Waals surface area (Å²) in [5.41, 5.74) is 0.432. The van der Waals surface area contributed by atoms with Crippen LogP contribution in [0, 0.1) is 5.92 Å². The number of aliphatic hydroxyl groups is 2. The number of benzene rings is 2. The molecular weight excluding hydrogens is 644 g/mol. The number of hydrogen-bond acceptors (Lipinski definition) is 7. The highest BCUT2D eigenvalue weighted by Crippen LogP contribution is 2.48. The molecule has 13 heteroatoms. The van der Waals surface area contributed by atoms with Gasteiger partial charge < -0.3 is 24.1 Å². The number of carbonyl (C=O) groups is 2. The van der Waals surface area contributed by atoms with Gasteiger partial charge in [0.2, 0.25) is 0 Å². The minimum atomic E-state index is -2.71. The number of halogens is 4. The molecule has 0 spiro atoms. The van der Waals surface area contributed by atoms with Crippen LogP contribution in [0.1, 0.15) is 54.0 Å². The first-order chi connectivity index (χ1) is 19.5. The maximum atomic E-state index is 13.8. The van der Waals surface area contributed by atoms with Gasteiger partial charge in [-0.15, -0.1) is 0 Å². The number of rotatable bonds is 9. The van der Waals surface area contributed by atoms with Crippen LogP contribution < -0.4 is 0 Å². The molecule has 2 heterocycles. The molecule has 2 aliphatic rings. The third-order valence-electron chi connectivity index (χ3n) is 8.90. The number of amides is 2. The second-order valence-electron chi connectivity index (χ2n) is 12.0. The Morgan fingerprint density at radius 3 is 1.95 bits per heavy atom. The number of carbonyl (C=O) groups excluding carboxylic acids is 2. The summed E-state index contributed by atoms with van der Waals surface area (Å²) < 4.78 is 18.8. The first kappa shape index (κ1) is 33.6. The minimum absolute atomic E-state index is 0.0831. The zero-order chi connectivity index (χ0) is 31.3. The predicted octanol–water partition coefficient (Wildman–Crippen LogP) is 6.59. The second kappa shape index (κ2) is 12.6. The summed E-state index contributed by atoms with van der Waals surface area (Å²) in [6.45, 7) is 12.5. The molecule has 0 unspecified atom stereocenters. The van der Waals surface area contributed by atoms with Gasteiger partial charge in [-0.25, -0.2) is 0 Å². The second-order valence-corrected chi connectivity index (χ2v) is 18.1. The number of hydrogen-bond donors (Lipinski definition) is 2. The van der Waals surface area contributed by atoms with E-state index < -0.39 is 50.8 Å². The van der Waals surface area contributed by atoms with E-state index in [1.165, 1.54) is 0 Å². The molecule has 2 aliphatic heterocycles. The summed E-state index contributed by atoms with van der Waals surface area (Å²) in [5.74, 6) is -1.52. The minimum Gasteiger partial charge on any atom is -0.391 e. The Hall–Kier alpha value is -1.24. The van der Waals surface area contributed by atoms with Gasteiger partial charge in [0.15, 0.2) is 14.6 Å². The monoisotopic (exact) mass is 677 g/mol. The number of ether oxygens (including phenoxy) is 2. The van der Waals surface area contributed by atoms with Gasteiger partial charge in [0.25, 0.3) is 11.8 Å². The highest BCUT2D eigenvalue weighted by atomic mass is 35.5. The van der Waals surface area contributed by atoms with Crippen LogP contribution in [0.3, 0.4) is 0 Å². The van der Waals surface area contributed by atoms with Gasteiger partial charge in [0, 0.05) is 0 Å². The van der Waals surface area contributed by atoms with Crippen molar-refractivity contribution in [1.82, 2.24) is 4.90 Å². The van der Waals surface area contributed by atoms with Gasteiger partial charge >= 0.3 is 0 Å². The summed E-state index contributed by atoms with van der Waals surface area (Å²) in [7, 11) is -2.71. The van der Waals surface area contributed by atoms with Crippen molar-refractivity contribution in [2.24, 2.45) is 5.92 Å². The molecule has 42 heavy (non-hydrogen) atoms. The quantitative estimate of drug-likeness (QED) is 0.134. The lowest BCUT2D eigenvalue weighted by molar-refractivity contribution is -0.261. The highest BCUT2D eigenvalue weighted by Gasteiger charge is 2.57. The normalized spacial score (nSPS) is 25.0. The third kappa shape index (κ3) is 5.90.